The number of carbonyl (C=O) groups excluding carboxylic acids is 3. The molecular weight excluding hydrogens is 432 g/mol. The maximum atomic E-state index is 12.8. The molecule has 0 aliphatic heterocycles. The fourth-order valence-electron chi connectivity index (χ4n) is 2.46. The highest BCUT2D eigenvalue weighted by Gasteiger charge is 2.32. The van der Waals surface area contributed by atoms with E-state index in [9.17, 15) is 24.0 Å². The molecule has 31 heavy (non-hydrogen) atoms. The number of aliphatic hydroxyl groups is 1. The predicted molar refractivity (Wildman–Crippen MR) is 113 cm³/mol. The van der Waals surface area contributed by atoms with E-state index >= 15 is 0 Å². The molecule has 0 radical (unpaired) electrons. The summed E-state index contributed by atoms with van der Waals surface area (Å²) < 4.78 is 0. The summed E-state index contributed by atoms with van der Waals surface area (Å²) in [5.74, 6) is -5.08. The van der Waals surface area contributed by atoms with E-state index in [1.807, 2.05) is 0 Å². The van der Waals surface area contributed by atoms with Crippen LogP contribution >= 0.6 is 11.8 Å². The van der Waals surface area contributed by atoms with Gasteiger partial charge < -0.3 is 37.0 Å². The quantitative estimate of drug-likeness (QED) is 0.143. The van der Waals surface area contributed by atoms with Crippen molar-refractivity contribution in [2.45, 2.75) is 57.3 Å². The lowest BCUT2D eigenvalue weighted by molar-refractivity contribution is -0.147. The third-order valence-electron chi connectivity index (χ3n) is 4.56. The molecule has 0 heterocycles. The first kappa shape index (κ1) is 28.6. The molecule has 0 fully saturated rings. The van der Waals surface area contributed by atoms with Crippen molar-refractivity contribution >= 4 is 41.4 Å². The summed E-state index contributed by atoms with van der Waals surface area (Å²) in [6, 6.07) is -5.08. The normalized spacial score (nSPS) is 15.6. The molecule has 5 atom stereocenters. The Labute approximate surface area is 184 Å². The fourth-order valence-corrected chi connectivity index (χ4v) is 2.93. The minimum Gasteiger partial charge on any atom is -0.481 e. The molecule has 8 N–H and O–H groups in total. The smallest absolute Gasteiger partial charge is 0.326 e. The summed E-state index contributed by atoms with van der Waals surface area (Å²) in [4.78, 5) is 59.5. The van der Waals surface area contributed by atoms with E-state index in [1.165, 1.54) is 11.8 Å². The standard InChI is InChI=1S/C18H32N4O8S/c1-4-9(2)14(22-15(26)10(19)8-23)17(28)20-11(5-6-31-3)16(27)21-12(18(29)30)7-13(24)25/h9-12,14,23H,4-8,19H2,1-3H3,(H,20,28)(H,21,27)(H,22,26)(H,24,25)(H,29,30). The van der Waals surface area contributed by atoms with Crippen molar-refractivity contribution in [3.8, 4) is 0 Å². The Bertz CT molecular complexity index is 648. The van der Waals surface area contributed by atoms with E-state index in [0.717, 1.165) is 0 Å². The highest BCUT2D eigenvalue weighted by atomic mass is 32.2. The summed E-state index contributed by atoms with van der Waals surface area (Å²) in [7, 11) is 0. The number of rotatable bonds is 15. The van der Waals surface area contributed by atoms with Gasteiger partial charge in [0, 0.05) is 0 Å². The minimum absolute atomic E-state index is 0.148. The number of nitrogens with two attached hydrogens (primary N) is 1. The predicted octanol–water partition coefficient (Wildman–Crippen LogP) is -1.88. The number of carboxylic acid groups (broad SMARTS) is 2. The van der Waals surface area contributed by atoms with Crippen molar-refractivity contribution in [2.24, 2.45) is 11.7 Å². The number of hydrogen-bond donors (Lipinski definition) is 7. The molecule has 0 rings (SSSR count). The molecule has 0 bridgehead atoms. The second-order valence-corrected chi connectivity index (χ2v) is 7.99. The van der Waals surface area contributed by atoms with E-state index in [0.29, 0.717) is 12.2 Å². The molecule has 0 aromatic heterocycles. The van der Waals surface area contributed by atoms with Gasteiger partial charge >= 0.3 is 11.9 Å². The van der Waals surface area contributed by atoms with Gasteiger partial charge in [-0.25, -0.2) is 4.79 Å². The second-order valence-electron chi connectivity index (χ2n) is 7.00. The zero-order chi connectivity index (χ0) is 24.1. The summed E-state index contributed by atoms with van der Waals surface area (Å²) in [5, 5.41) is 34.1. The molecule has 0 saturated heterocycles. The molecule has 13 heteroatoms. The lowest BCUT2D eigenvalue weighted by Gasteiger charge is -2.27. The zero-order valence-corrected chi connectivity index (χ0v) is 18.6. The van der Waals surface area contributed by atoms with Crippen LogP contribution < -0.4 is 21.7 Å². The topological polar surface area (TPSA) is 208 Å². The molecule has 0 saturated carbocycles. The Morgan fingerprint density at radius 2 is 1.55 bits per heavy atom. The van der Waals surface area contributed by atoms with E-state index in [-0.39, 0.29) is 12.3 Å². The average Bonchev–Trinajstić information content (AvgIpc) is 2.72. The number of amides is 3. The molecule has 0 aromatic rings. The van der Waals surface area contributed by atoms with Crippen LogP contribution in [0.4, 0.5) is 0 Å². The summed E-state index contributed by atoms with van der Waals surface area (Å²) in [6.45, 7) is 2.89. The average molecular weight is 465 g/mol. The van der Waals surface area contributed by atoms with Crippen LogP contribution in [0.15, 0.2) is 0 Å². The van der Waals surface area contributed by atoms with Gasteiger partial charge in [-0.1, -0.05) is 20.3 Å². The SMILES string of the molecule is CCC(C)C(NC(=O)C(N)CO)C(=O)NC(CCSC)C(=O)NC(CC(=O)O)C(=O)O. The van der Waals surface area contributed by atoms with Crippen molar-refractivity contribution in [1.29, 1.82) is 0 Å². The first-order valence-electron chi connectivity index (χ1n) is 9.69. The van der Waals surface area contributed by atoms with Crippen molar-refractivity contribution in [2.75, 3.05) is 18.6 Å². The number of aliphatic hydroxyl groups excluding tert-OH is 1. The number of carbonyl (C=O) groups is 5. The molecule has 5 unspecified atom stereocenters. The fraction of sp³-hybridized carbons (Fsp3) is 0.722. The number of aliphatic carboxylic acids is 2. The van der Waals surface area contributed by atoms with Gasteiger partial charge in [0.1, 0.15) is 24.2 Å². The number of nitrogens with one attached hydrogen (secondary N) is 3. The molecule has 0 aliphatic carbocycles. The van der Waals surface area contributed by atoms with Crippen LogP contribution in [-0.4, -0.2) is 87.8 Å². The van der Waals surface area contributed by atoms with Crippen LogP contribution in [0.2, 0.25) is 0 Å². The lowest BCUT2D eigenvalue weighted by Crippen LogP contribution is -2.59. The number of thioether (sulfide) groups is 1. The molecule has 0 spiro atoms. The third-order valence-corrected chi connectivity index (χ3v) is 5.21. The molecule has 12 nitrogen and oxygen atoms in total. The monoisotopic (exact) mass is 464 g/mol. The Morgan fingerprint density at radius 3 is 2.00 bits per heavy atom. The highest BCUT2D eigenvalue weighted by molar-refractivity contribution is 7.98. The second kappa shape index (κ2) is 14.6. The Morgan fingerprint density at radius 1 is 0.968 bits per heavy atom. The molecule has 3 amide bonds. The van der Waals surface area contributed by atoms with Crippen LogP contribution in [0, 0.1) is 5.92 Å². The van der Waals surface area contributed by atoms with Crippen LogP contribution in [0.1, 0.15) is 33.1 Å². The van der Waals surface area contributed by atoms with Gasteiger partial charge in [0.2, 0.25) is 17.7 Å². The van der Waals surface area contributed by atoms with Crippen LogP contribution in [0.5, 0.6) is 0 Å². The number of hydrogen-bond acceptors (Lipinski definition) is 8. The first-order valence-corrected chi connectivity index (χ1v) is 11.1. The maximum absolute atomic E-state index is 12.8. The van der Waals surface area contributed by atoms with E-state index in [2.05, 4.69) is 16.0 Å². The molecule has 0 aliphatic rings. The summed E-state index contributed by atoms with van der Waals surface area (Å²) in [6.07, 6.45) is 1.61. The molecule has 178 valence electrons. The van der Waals surface area contributed by atoms with Crippen LogP contribution in [-0.2, 0) is 24.0 Å². The van der Waals surface area contributed by atoms with Crippen molar-refractivity contribution in [3.05, 3.63) is 0 Å². The molecule has 0 aromatic carbocycles. The van der Waals surface area contributed by atoms with E-state index < -0.39 is 66.9 Å². The third kappa shape index (κ3) is 10.5. The van der Waals surface area contributed by atoms with Gasteiger partial charge in [-0.2, -0.15) is 11.8 Å². The Kier molecular flexibility index (Phi) is 13.5. The summed E-state index contributed by atoms with van der Waals surface area (Å²) in [5.41, 5.74) is 5.48. The van der Waals surface area contributed by atoms with Gasteiger partial charge in [0.05, 0.1) is 13.0 Å². The minimum atomic E-state index is -1.66. The van der Waals surface area contributed by atoms with E-state index in [1.54, 1.807) is 20.1 Å². The van der Waals surface area contributed by atoms with Crippen molar-refractivity contribution in [1.82, 2.24) is 16.0 Å². The maximum Gasteiger partial charge on any atom is 0.326 e. The van der Waals surface area contributed by atoms with Crippen molar-refractivity contribution < 1.29 is 39.3 Å². The van der Waals surface area contributed by atoms with Gasteiger partial charge in [-0.15, -0.1) is 0 Å². The highest BCUT2D eigenvalue weighted by Crippen LogP contribution is 2.10. The Hall–Kier alpha value is -2.38. The van der Waals surface area contributed by atoms with Crippen molar-refractivity contribution in [3.63, 3.8) is 0 Å². The van der Waals surface area contributed by atoms with Gasteiger partial charge in [0.25, 0.3) is 0 Å². The Balaban J connectivity index is 5.48. The first-order chi connectivity index (χ1) is 14.5. The van der Waals surface area contributed by atoms with Gasteiger partial charge in [-0.3, -0.25) is 19.2 Å². The molecular formula is C18H32N4O8S. The largest absolute Gasteiger partial charge is 0.481 e. The van der Waals surface area contributed by atoms with Crippen LogP contribution in [0.25, 0.3) is 0 Å². The summed E-state index contributed by atoms with van der Waals surface area (Å²) >= 11 is 1.39. The zero-order valence-electron chi connectivity index (χ0n) is 17.8. The van der Waals surface area contributed by atoms with Crippen LogP contribution in [0.3, 0.4) is 0 Å². The van der Waals surface area contributed by atoms with Gasteiger partial charge in [0.15, 0.2) is 0 Å². The van der Waals surface area contributed by atoms with E-state index in [4.69, 9.17) is 21.1 Å². The van der Waals surface area contributed by atoms with Gasteiger partial charge in [-0.05, 0) is 24.3 Å². The number of carboxylic acids is 2. The lowest BCUT2D eigenvalue weighted by atomic mass is 9.97.